The van der Waals surface area contributed by atoms with Gasteiger partial charge in [0.15, 0.2) is 5.78 Å². The summed E-state index contributed by atoms with van der Waals surface area (Å²) in [5, 5.41) is 10.8. The SMILES string of the molecule is CC(CC(=O)O)N(N1CCN(c2ccc(C#Cc3ccc4c(c3)C(=O)CCC4)cc2)CC1)S(=O)O. The van der Waals surface area contributed by atoms with Gasteiger partial charge in [-0.15, -0.1) is 4.41 Å². The van der Waals surface area contributed by atoms with Crippen LogP contribution in [0.25, 0.3) is 0 Å². The molecule has 2 N–H and O–H groups in total. The monoisotopic (exact) mass is 495 g/mol. The van der Waals surface area contributed by atoms with Crippen molar-refractivity contribution in [3.05, 3.63) is 64.7 Å². The van der Waals surface area contributed by atoms with Gasteiger partial charge in [-0.05, 0) is 61.7 Å². The maximum Gasteiger partial charge on any atom is 0.305 e. The van der Waals surface area contributed by atoms with Crippen molar-refractivity contribution in [2.45, 2.75) is 38.6 Å². The number of piperazine rings is 1. The molecule has 0 radical (unpaired) electrons. The highest BCUT2D eigenvalue weighted by Gasteiger charge is 2.30. The van der Waals surface area contributed by atoms with E-state index in [4.69, 9.17) is 5.11 Å². The summed E-state index contributed by atoms with van der Waals surface area (Å²) in [6.45, 7) is 3.93. The van der Waals surface area contributed by atoms with Crippen LogP contribution in [0.4, 0.5) is 5.69 Å². The van der Waals surface area contributed by atoms with E-state index in [0.717, 1.165) is 40.8 Å². The van der Waals surface area contributed by atoms with Crippen LogP contribution in [-0.2, 0) is 22.5 Å². The molecule has 1 aliphatic heterocycles. The van der Waals surface area contributed by atoms with E-state index in [1.54, 1.807) is 11.9 Å². The summed E-state index contributed by atoms with van der Waals surface area (Å²) < 4.78 is 22.8. The molecule has 184 valence electrons. The van der Waals surface area contributed by atoms with Gasteiger partial charge in [-0.2, -0.15) is 0 Å². The lowest BCUT2D eigenvalue weighted by atomic mass is 9.89. The molecule has 4 rings (SSSR count). The molecule has 2 unspecified atom stereocenters. The third-order valence-electron chi connectivity index (χ3n) is 6.39. The quantitative estimate of drug-likeness (QED) is 0.469. The maximum atomic E-state index is 12.2. The van der Waals surface area contributed by atoms with Crippen LogP contribution in [0.15, 0.2) is 42.5 Å². The van der Waals surface area contributed by atoms with Crippen LogP contribution in [0.2, 0.25) is 0 Å². The molecule has 0 spiro atoms. The number of aliphatic carboxylic acids is 1. The molecule has 2 atom stereocenters. The number of Topliss-reactive ketones (excluding diaryl/α,β-unsaturated/α-hetero) is 1. The molecule has 0 saturated carbocycles. The van der Waals surface area contributed by atoms with E-state index in [9.17, 15) is 18.4 Å². The van der Waals surface area contributed by atoms with E-state index >= 15 is 0 Å². The number of ketones is 1. The van der Waals surface area contributed by atoms with Gasteiger partial charge in [0.05, 0.1) is 6.42 Å². The number of carbonyl (C=O) groups excluding carboxylic acids is 1. The van der Waals surface area contributed by atoms with Crippen molar-refractivity contribution in [1.82, 2.24) is 9.42 Å². The highest BCUT2D eigenvalue weighted by Crippen LogP contribution is 2.23. The van der Waals surface area contributed by atoms with Crippen molar-refractivity contribution < 1.29 is 23.5 Å². The van der Waals surface area contributed by atoms with Crippen LogP contribution >= 0.6 is 0 Å². The van der Waals surface area contributed by atoms with Crippen molar-refractivity contribution in [2.24, 2.45) is 0 Å². The van der Waals surface area contributed by atoms with Crippen molar-refractivity contribution in [1.29, 1.82) is 0 Å². The fraction of sp³-hybridized carbons (Fsp3) is 0.385. The average Bonchev–Trinajstić information content (AvgIpc) is 2.83. The van der Waals surface area contributed by atoms with Gasteiger partial charge in [0, 0.05) is 61.0 Å². The Kier molecular flexibility index (Phi) is 7.98. The molecule has 0 aromatic heterocycles. The lowest BCUT2D eigenvalue weighted by Crippen LogP contribution is -2.57. The molecule has 1 saturated heterocycles. The Balaban J connectivity index is 1.37. The first-order chi connectivity index (χ1) is 16.8. The van der Waals surface area contributed by atoms with Gasteiger partial charge in [0.1, 0.15) is 0 Å². The molecule has 1 aliphatic carbocycles. The van der Waals surface area contributed by atoms with Gasteiger partial charge in [-0.25, -0.2) is 9.22 Å². The zero-order chi connectivity index (χ0) is 24.9. The number of nitrogens with zero attached hydrogens (tertiary/aromatic N) is 3. The summed E-state index contributed by atoms with van der Waals surface area (Å²) in [4.78, 5) is 25.4. The normalized spacial score (nSPS) is 17.9. The van der Waals surface area contributed by atoms with Gasteiger partial charge < -0.3 is 10.0 Å². The summed E-state index contributed by atoms with van der Waals surface area (Å²) >= 11 is -2.28. The summed E-state index contributed by atoms with van der Waals surface area (Å²) in [6, 6.07) is 13.2. The molecule has 2 aliphatic rings. The number of hydrogen-bond acceptors (Lipinski definition) is 5. The number of aryl methyl sites for hydroxylation is 1. The Hall–Kier alpha value is -3.03. The third kappa shape index (κ3) is 6.16. The molecule has 1 fully saturated rings. The van der Waals surface area contributed by atoms with Crippen molar-refractivity contribution in [3.63, 3.8) is 0 Å². The number of anilines is 1. The second-order valence-electron chi connectivity index (χ2n) is 8.87. The van der Waals surface area contributed by atoms with E-state index in [-0.39, 0.29) is 12.2 Å². The number of rotatable bonds is 6. The molecule has 0 bridgehead atoms. The Morgan fingerprint density at radius 3 is 2.37 bits per heavy atom. The fourth-order valence-electron chi connectivity index (χ4n) is 4.62. The number of carboxylic acids is 1. The zero-order valence-corrected chi connectivity index (χ0v) is 20.5. The molecule has 8 nitrogen and oxygen atoms in total. The Labute approximate surface area is 207 Å². The van der Waals surface area contributed by atoms with E-state index in [1.165, 1.54) is 4.41 Å². The van der Waals surface area contributed by atoms with Crippen LogP contribution in [0.5, 0.6) is 0 Å². The van der Waals surface area contributed by atoms with Crippen molar-refractivity contribution in [3.8, 4) is 11.8 Å². The average molecular weight is 496 g/mol. The minimum atomic E-state index is -2.28. The van der Waals surface area contributed by atoms with Crippen LogP contribution < -0.4 is 4.90 Å². The first-order valence-electron chi connectivity index (χ1n) is 11.7. The second-order valence-corrected chi connectivity index (χ2v) is 9.70. The Morgan fingerprint density at radius 1 is 1.06 bits per heavy atom. The predicted octanol–water partition coefficient (Wildman–Crippen LogP) is 2.94. The highest BCUT2D eigenvalue weighted by molar-refractivity contribution is 7.76. The van der Waals surface area contributed by atoms with Crippen LogP contribution in [0, 0.1) is 11.8 Å². The molecule has 2 aromatic rings. The molecule has 2 aromatic carbocycles. The largest absolute Gasteiger partial charge is 0.481 e. The lowest BCUT2D eigenvalue weighted by molar-refractivity contribution is -0.139. The number of carboxylic acid groups (broad SMARTS) is 1. The minimum Gasteiger partial charge on any atom is -0.481 e. The number of carbonyl (C=O) groups is 2. The summed E-state index contributed by atoms with van der Waals surface area (Å²) in [7, 11) is 0. The standard InChI is InChI=1S/C26H29N3O5S/c1-19(17-26(31)32)29(35(33)34)28-15-13-27(14-16-28)23-11-8-20(9-12-23)5-6-21-7-10-22-3-2-4-25(30)24(22)18-21/h7-12,18-19H,2-4,13-17H2,1H3,(H,31,32)(H,33,34). The van der Waals surface area contributed by atoms with E-state index in [1.807, 2.05) is 42.5 Å². The minimum absolute atomic E-state index is 0.198. The third-order valence-corrected chi connectivity index (χ3v) is 7.30. The van der Waals surface area contributed by atoms with Gasteiger partial charge in [0.2, 0.25) is 11.3 Å². The molecular formula is C26H29N3O5S. The maximum absolute atomic E-state index is 12.2. The molecular weight excluding hydrogens is 466 g/mol. The number of benzene rings is 2. The second kappa shape index (κ2) is 11.1. The first kappa shape index (κ1) is 25.1. The number of hydrogen-bond donors (Lipinski definition) is 2. The number of hydrazine groups is 1. The predicted molar refractivity (Wildman–Crippen MR) is 134 cm³/mol. The topological polar surface area (TPSA) is 101 Å². The summed E-state index contributed by atoms with van der Waals surface area (Å²) in [5.41, 5.74) is 4.66. The molecule has 0 amide bonds. The van der Waals surface area contributed by atoms with Gasteiger partial charge in [-0.1, -0.05) is 17.9 Å². The lowest BCUT2D eigenvalue weighted by Gasteiger charge is -2.41. The van der Waals surface area contributed by atoms with E-state index in [0.29, 0.717) is 32.6 Å². The molecule has 35 heavy (non-hydrogen) atoms. The molecule has 9 heteroatoms. The van der Waals surface area contributed by atoms with Gasteiger partial charge in [-0.3, -0.25) is 14.1 Å². The van der Waals surface area contributed by atoms with Gasteiger partial charge in [0.25, 0.3) is 0 Å². The highest BCUT2D eigenvalue weighted by atomic mass is 32.2. The van der Waals surface area contributed by atoms with Crippen molar-refractivity contribution >= 4 is 28.7 Å². The fourth-order valence-corrected chi connectivity index (χ4v) is 5.36. The smallest absolute Gasteiger partial charge is 0.305 e. The van der Waals surface area contributed by atoms with Crippen LogP contribution in [0.3, 0.4) is 0 Å². The number of fused-ring (bicyclic) bond motifs is 1. The van der Waals surface area contributed by atoms with Crippen LogP contribution in [0.1, 0.15) is 53.2 Å². The van der Waals surface area contributed by atoms with Crippen LogP contribution in [-0.4, -0.2) is 67.3 Å². The first-order valence-corrected chi connectivity index (χ1v) is 12.8. The zero-order valence-electron chi connectivity index (χ0n) is 19.6. The van der Waals surface area contributed by atoms with E-state index < -0.39 is 23.3 Å². The summed E-state index contributed by atoms with van der Waals surface area (Å²) in [5.74, 6) is 5.53. The van der Waals surface area contributed by atoms with Gasteiger partial charge >= 0.3 is 5.97 Å². The Bertz CT molecular complexity index is 1180. The molecule has 1 heterocycles. The van der Waals surface area contributed by atoms with Crippen molar-refractivity contribution in [2.75, 3.05) is 31.1 Å². The van der Waals surface area contributed by atoms with E-state index in [2.05, 4.69) is 16.7 Å². The summed E-state index contributed by atoms with van der Waals surface area (Å²) in [6.07, 6.45) is 2.26. The Morgan fingerprint density at radius 2 is 1.71 bits per heavy atom.